The predicted molar refractivity (Wildman–Crippen MR) is 126 cm³/mol. The van der Waals surface area contributed by atoms with Crippen LogP contribution in [0, 0.1) is 28.1 Å². The number of ether oxygens (including phenoxy) is 4. The van der Waals surface area contributed by atoms with Crippen molar-refractivity contribution in [2.45, 2.75) is 96.7 Å². The van der Waals surface area contributed by atoms with E-state index >= 15 is 0 Å². The summed E-state index contributed by atoms with van der Waals surface area (Å²) in [5.41, 5.74) is -3.88. The normalized spacial score (nSPS) is 47.7. The molecule has 2 saturated carbocycles. The number of rotatable bonds is 2. The first kappa shape index (κ1) is 24.6. The Morgan fingerprint density at radius 1 is 1.03 bits per heavy atom. The summed E-state index contributed by atoms with van der Waals surface area (Å²) < 4.78 is 29.3. The fraction of sp³-hybridized carbons (Fsp3) is 0.714. The van der Waals surface area contributed by atoms with Gasteiger partial charge in [-0.15, -0.1) is 0 Å². The summed E-state index contributed by atoms with van der Waals surface area (Å²) in [6, 6.07) is 1.78. The van der Waals surface area contributed by atoms with Gasteiger partial charge < -0.3 is 23.4 Å². The van der Waals surface area contributed by atoms with Gasteiger partial charge in [-0.1, -0.05) is 13.8 Å². The number of Topliss-reactive ketones (excluding diaryl/α,β-unsaturated/α-hetero) is 1. The fourth-order valence-electron chi connectivity index (χ4n) is 9.24. The molecule has 0 amide bonds. The van der Waals surface area contributed by atoms with Crippen molar-refractivity contribution in [3.8, 4) is 0 Å². The van der Waals surface area contributed by atoms with Crippen molar-refractivity contribution in [3.63, 3.8) is 0 Å². The van der Waals surface area contributed by atoms with Crippen LogP contribution in [0.5, 0.6) is 0 Å². The molecule has 37 heavy (non-hydrogen) atoms. The number of cyclic esters (lactones) is 2. The molecule has 0 N–H and O–H groups in total. The lowest BCUT2D eigenvalue weighted by atomic mass is 9.37. The van der Waals surface area contributed by atoms with Gasteiger partial charge in [0.1, 0.15) is 29.2 Å². The third kappa shape index (κ3) is 2.79. The van der Waals surface area contributed by atoms with Crippen LogP contribution in [0.15, 0.2) is 23.0 Å². The lowest BCUT2D eigenvalue weighted by Crippen LogP contribution is -2.72. The van der Waals surface area contributed by atoms with Crippen LogP contribution in [0.3, 0.4) is 0 Å². The van der Waals surface area contributed by atoms with Crippen LogP contribution in [0.1, 0.15) is 78.9 Å². The highest BCUT2D eigenvalue weighted by Crippen LogP contribution is 2.78. The molecular weight excluding hydrogens is 480 g/mol. The molecule has 5 aliphatic rings. The van der Waals surface area contributed by atoms with Gasteiger partial charge in [-0.2, -0.15) is 0 Å². The summed E-state index contributed by atoms with van der Waals surface area (Å²) in [5, 5.41) is 0. The van der Waals surface area contributed by atoms with E-state index in [4.69, 9.17) is 23.4 Å². The highest BCUT2D eigenvalue weighted by molar-refractivity contribution is 5.93. The molecular formula is C28H34O9. The number of ketones is 1. The average molecular weight is 515 g/mol. The largest absolute Gasteiger partial charge is 0.472 e. The van der Waals surface area contributed by atoms with Crippen molar-refractivity contribution in [3.05, 3.63) is 24.2 Å². The first-order valence-corrected chi connectivity index (χ1v) is 13.1. The molecule has 1 aromatic heterocycles. The molecule has 2 aliphatic carbocycles. The van der Waals surface area contributed by atoms with Crippen LogP contribution in [-0.4, -0.2) is 47.1 Å². The van der Waals surface area contributed by atoms with Crippen molar-refractivity contribution >= 4 is 23.7 Å². The second kappa shape index (κ2) is 7.24. The van der Waals surface area contributed by atoms with E-state index in [1.807, 2.05) is 34.6 Å². The standard InChI is InChI=1S/C28H34O9/c1-14(29)34-19-12-20(31)36-24(2,3)17-11-18(30)27(6)16(26(17,19)5)7-9-25(4)21(15-8-10-33-13-15)35-23(32)22-28(25,27)37-22/h8,10,13,16-17,19,21-22H,7,9,11-12H2,1-6H3/t16-,17-,19+,21+,22+,25+,26-,27+,28+/m1/s1. The van der Waals surface area contributed by atoms with E-state index in [0.717, 1.165) is 5.56 Å². The van der Waals surface area contributed by atoms with Crippen LogP contribution in [0.2, 0.25) is 0 Å². The van der Waals surface area contributed by atoms with Gasteiger partial charge in [-0.3, -0.25) is 14.4 Å². The lowest BCUT2D eigenvalue weighted by Gasteiger charge is -2.66. The minimum Gasteiger partial charge on any atom is -0.472 e. The monoisotopic (exact) mass is 514 g/mol. The Bertz CT molecular complexity index is 1200. The molecule has 1 spiro atoms. The number of hydrogen-bond donors (Lipinski definition) is 0. The molecule has 0 bridgehead atoms. The summed E-state index contributed by atoms with van der Waals surface area (Å²) in [4.78, 5) is 52.7. The molecule has 9 nitrogen and oxygen atoms in total. The first-order valence-electron chi connectivity index (χ1n) is 13.1. The van der Waals surface area contributed by atoms with E-state index in [9.17, 15) is 19.2 Å². The number of furan rings is 1. The number of carbonyl (C=O) groups excluding carboxylic acids is 4. The van der Waals surface area contributed by atoms with Gasteiger partial charge in [0.25, 0.3) is 0 Å². The highest BCUT2D eigenvalue weighted by atomic mass is 16.7. The van der Waals surface area contributed by atoms with Gasteiger partial charge in [0.15, 0.2) is 6.10 Å². The second-order valence-corrected chi connectivity index (χ2v) is 12.7. The Balaban J connectivity index is 1.54. The first-order chi connectivity index (χ1) is 17.2. The summed E-state index contributed by atoms with van der Waals surface area (Å²) in [6.45, 7) is 11.0. The third-order valence-corrected chi connectivity index (χ3v) is 10.8. The summed E-state index contributed by atoms with van der Waals surface area (Å²) in [7, 11) is 0. The van der Waals surface area contributed by atoms with Crippen LogP contribution in [0.4, 0.5) is 0 Å². The topological polar surface area (TPSA) is 122 Å². The van der Waals surface area contributed by atoms with Gasteiger partial charge >= 0.3 is 17.9 Å². The van der Waals surface area contributed by atoms with Gasteiger partial charge in [-0.25, -0.2) is 4.79 Å². The molecule has 3 aliphatic heterocycles. The molecule has 4 heterocycles. The van der Waals surface area contributed by atoms with Crippen LogP contribution in [0.25, 0.3) is 0 Å². The number of fused-ring (bicyclic) bond motifs is 3. The predicted octanol–water partition coefficient (Wildman–Crippen LogP) is 3.69. The molecule has 1 aromatic rings. The molecule has 6 rings (SSSR count). The van der Waals surface area contributed by atoms with E-state index in [0.29, 0.717) is 12.8 Å². The van der Waals surface area contributed by atoms with Crippen molar-refractivity contribution < 1.29 is 42.5 Å². The average Bonchev–Trinajstić information content (AvgIpc) is 3.38. The zero-order chi connectivity index (χ0) is 26.8. The molecule has 200 valence electrons. The molecule has 0 radical (unpaired) electrons. The van der Waals surface area contributed by atoms with Crippen LogP contribution >= 0.6 is 0 Å². The number of esters is 3. The van der Waals surface area contributed by atoms with Gasteiger partial charge in [0.2, 0.25) is 0 Å². The Morgan fingerprint density at radius 3 is 2.41 bits per heavy atom. The highest BCUT2D eigenvalue weighted by Gasteiger charge is 2.88. The van der Waals surface area contributed by atoms with Crippen molar-refractivity contribution in [1.82, 2.24) is 0 Å². The van der Waals surface area contributed by atoms with E-state index in [1.165, 1.54) is 13.2 Å². The molecule has 0 unspecified atom stereocenters. The maximum atomic E-state index is 14.4. The molecule has 9 heteroatoms. The Morgan fingerprint density at radius 2 is 1.76 bits per heavy atom. The van der Waals surface area contributed by atoms with Crippen LogP contribution in [-0.2, 0) is 38.1 Å². The minimum absolute atomic E-state index is 0.0263. The third-order valence-electron chi connectivity index (χ3n) is 10.8. The SMILES string of the molecule is CC(=O)O[C@H]1CC(=O)OC(C)(C)[C@H]2CC(=O)[C@]3(C)[C@H](CC[C@@]4(C)[C@H](c5ccoc5)OC(=O)[C@@H]5O[C@@]543)[C@@]12C. The van der Waals surface area contributed by atoms with Gasteiger partial charge in [-0.05, 0) is 45.6 Å². The molecule has 3 saturated heterocycles. The van der Waals surface area contributed by atoms with Gasteiger partial charge in [0.05, 0.1) is 24.4 Å². The summed E-state index contributed by atoms with van der Waals surface area (Å²) in [6.07, 6.45) is 2.06. The Hall–Kier alpha value is -2.68. The van der Waals surface area contributed by atoms with E-state index < -0.39 is 63.7 Å². The fourth-order valence-corrected chi connectivity index (χ4v) is 9.24. The van der Waals surface area contributed by atoms with Gasteiger partial charge in [0, 0.05) is 35.7 Å². The van der Waals surface area contributed by atoms with Crippen molar-refractivity contribution in [2.24, 2.45) is 28.1 Å². The molecule has 0 aromatic carbocycles. The maximum absolute atomic E-state index is 14.4. The molecule has 5 fully saturated rings. The van der Waals surface area contributed by atoms with E-state index in [1.54, 1.807) is 12.3 Å². The lowest BCUT2D eigenvalue weighted by molar-refractivity contribution is -0.234. The zero-order valence-electron chi connectivity index (χ0n) is 22.1. The number of epoxide rings is 1. The molecule has 9 atom stereocenters. The number of carbonyl (C=O) groups is 4. The maximum Gasteiger partial charge on any atom is 0.339 e. The van der Waals surface area contributed by atoms with E-state index in [-0.39, 0.29) is 30.5 Å². The zero-order valence-corrected chi connectivity index (χ0v) is 22.1. The minimum atomic E-state index is -1.09. The smallest absolute Gasteiger partial charge is 0.339 e. The Kier molecular flexibility index (Phi) is 4.82. The Labute approximate surface area is 215 Å². The summed E-state index contributed by atoms with van der Waals surface area (Å²) >= 11 is 0. The summed E-state index contributed by atoms with van der Waals surface area (Å²) in [5.74, 6) is -2.18. The second-order valence-electron chi connectivity index (χ2n) is 12.7. The van der Waals surface area contributed by atoms with Crippen molar-refractivity contribution in [2.75, 3.05) is 0 Å². The van der Waals surface area contributed by atoms with Crippen LogP contribution < -0.4 is 0 Å². The quantitative estimate of drug-likeness (QED) is 0.330. The van der Waals surface area contributed by atoms with Crippen molar-refractivity contribution in [1.29, 1.82) is 0 Å². The number of hydrogen-bond acceptors (Lipinski definition) is 9. The van der Waals surface area contributed by atoms with E-state index in [2.05, 4.69) is 0 Å².